The number of hydrogen-bond acceptors (Lipinski definition) is 2. The maximum atomic E-state index is 13.1. The third kappa shape index (κ3) is 3.58. The maximum Gasteiger partial charge on any atom is 0.323 e. The van der Waals surface area contributed by atoms with Crippen molar-refractivity contribution in [2.24, 2.45) is 5.92 Å². The molecule has 2 aromatic rings. The first-order valence-corrected chi connectivity index (χ1v) is 8.39. The minimum Gasteiger partial charge on any atom is -0.317 e. The van der Waals surface area contributed by atoms with E-state index in [9.17, 15) is 9.18 Å². The highest BCUT2D eigenvalue weighted by Crippen LogP contribution is 2.33. The van der Waals surface area contributed by atoms with Crippen molar-refractivity contribution >= 4 is 11.8 Å². The van der Waals surface area contributed by atoms with E-state index in [1.807, 2.05) is 10.7 Å². The van der Waals surface area contributed by atoms with Gasteiger partial charge in [-0.05, 0) is 36.5 Å². The Morgan fingerprint density at radius 2 is 2.08 bits per heavy atom. The van der Waals surface area contributed by atoms with Gasteiger partial charge in [-0.15, -0.1) is 0 Å². The van der Waals surface area contributed by atoms with Gasteiger partial charge in [0.2, 0.25) is 0 Å². The number of aromatic nitrogens is 2. The van der Waals surface area contributed by atoms with E-state index in [4.69, 9.17) is 0 Å². The number of urea groups is 1. The second-order valence-electron chi connectivity index (χ2n) is 6.60. The fourth-order valence-electron chi connectivity index (χ4n) is 2.84. The number of rotatable bonds is 5. The minimum absolute atomic E-state index is 0.0117. The third-order valence-corrected chi connectivity index (χ3v) is 4.41. The van der Waals surface area contributed by atoms with Crippen molar-refractivity contribution in [2.45, 2.75) is 39.3 Å². The molecule has 1 aliphatic rings. The Kier molecular flexibility index (Phi) is 4.83. The van der Waals surface area contributed by atoms with Crippen LogP contribution in [0, 0.1) is 11.7 Å². The van der Waals surface area contributed by atoms with E-state index >= 15 is 0 Å². The first kappa shape index (κ1) is 16.5. The van der Waals surface area contributed by atoms with Gasteiger partial charge in [-0.2, -0.15) is 5.10 Å². The van der Waals surface area contributed by atoms with Gasteiger partial charge in [0, 0.05) is 19.2 Å². The molecule has 2 heterocycles. The highest BCUT2D eigenvalue weighted by molar-refractivity contribution is 5.89. The number of nitrogens with one attached hydrogen (secondary N) is 1. The number of halogens is 1. The lowest BCUT2D eigenvalue weighted by Gasteiger charge is -2.41. The minimum atomic E-state index is -0.261. The topological polar surface area (TPSA) is 50.2 Å². The summed E-state index contributed by atoms with van der Waals surface area (Å²) in [7, 11) is 0. The molecule has 0 spiro atoms. The molecule has 3 rings (SSSR count). The van der Waals surface area contributed by atoms with Crippen LogP contribution in [0.2, 0.25) is 0 Å². The predicted octanol–water partition coefficient (Wildman–Crippen LogP) is 4.05. The summed E-state index contributed by atoms with van der Waals surface area (Å²) in [5.41, 5.74) is 0.964. The number of likely N-dealkylation sites (tertiary alicyclic amines) is 1. The van der Waals surface area contributed by atoms with Gasteiger partial charge in [0.25, 0.3) is 0 Å². The highest BCUT2D eigenvalue weighted by Gasteiger charge is 2.33. The summed E-state index contributed by atoms with van der Waals surface area (Å²) in [5, 5.41) is 7.21. The normalized spacial score (nSPS) is 17.0. The second kappa shape index (κ2) is 7.03. The largest absolute Gasteiger partial charge is 0.323 e. The zero-order valence-electron chi connectivity index (χ0n) is 14.1. The lowest BCUT2D eigenvalue weighted by molar-refractivity contribution is 0.126. The van der Waals surface area contributed by atoms with E-state index < -0.39 is 0 Å². The number of carbonyl (C=O) groups excluding carboxylic acids is 1. The molecule has 0 bridgehead atoms. The molecular formula is C18H23FN4O. The Labute approximate surface area is 141 Å². The van der Waals surface area contributed by atoms with Gasteiger partial charge in [-0.3, -0.25) is 5.32 Å². The molecule has 6 heteroatoms. The first-order chi connectivity index (χ1) is 11.5. The van der Waals surface area contributed by atoms with Gasteiger partial charge in [-0.1, -0.05) is 26.0 Å². The summed E-state index contributed by atoms with van der Waals surface area (Å²) in [5.74, 6) is 1.03. The fraction of sp³-hybridized carbons (Fsp3) is 0.444. The van der Waals surface area contributed by atoms with Gasteiger partial charge < -0.3 is 4.90 Å². The van der Waals surface area contributed by atoms with Crippen LogP contribution in [0.15, 0.2) is 36.5 Å². The predicted molar refractivity (Wildman–Crippen MR) is 91.2 cm³/mol. The van der Waals surface area contributed by atoms with E-state index in [0.717, 1.165) is 24.9 Å². The molecular weight excluding hydrogens is 307 g/mol. The Morgan fingerprint density at radius 1 is 1.33 bits per heavy atom. The van der Waals surface area contributed by atoms with E-state index in [0.29, 0.717) is 18.3 Å². The monoisotopic (exact) mass is 330 g/mol. The molecule has 1 aliphatic heterocycles. The van der Waals surface area contributed by atoms with Crippen molar-refractivity contribution in [3.8, 4) is 0 Å². The summed E-state index contributed by atoms with van der Waals surface area (Å²) >= 11 is 0. The number of hydrogen-bond donors (Lipinski definition) is 1. The molecule has 0 saturated carbocycles. The van der Waals surface area contributed by atoms with Crippen LogP contribution < -0.4 is 5.32 Å². The van der Waals surface area contributed by atoms with Crippen molar-refractivity contribution in [1.29, 1.82) is 0 Å². The number of anilines is 1. The SMILES string of the molecule is CC(C)CCn1nccc1NC(=O)N1CC[C@H]1c1ccc(F)cc1. The van der Waals surface area contributed by atoms with Crippen LogP contribution in [-0.2, 0) is 6.54 Å². The van der Waals surface area contributed by atoms with Crippen LogP contribution in [0.4, 0.5) is 15.0 Å². The highest BCUT2D eigenvalue weighted by atomic mass is 19.1. The van der Waals surface area contributed by atoms with Gasteiger partial charge >= 0.3 is 6.03 Å². The van der Waals surface area contributed by atoms with Crippen LogP contribution in [0.3, 0.4) is 0 Å². The van der Waals surface area contributed by atoms with E-state index in [2.05, 4.69) is 24.3 Å². The average Bonchev–Trinajstić information content (AvgIpc) is 2.93. The van der Waals surface area contributed by atoms with Crippen LogP contribution in [0.1, 0.15) is 38.3 Å². The average molecular weight is 330 g/mol. The van der Waals surface area contributed by atoms with Gasteiger partial charge in [-0.25, -0.2) is 13.9 Å². The first-order valence-electron chi connectivity index (χ1n) is 8.39. The summed E-state index contributed by atoms with van der Waals surface area (Å²) in [6.07, 6.45) is 3.60. The zero-order chi connectivity index (χ0) is 17.1. The van der Waals surface area contributed by atoms with Crippen LogP contribution in [-0.4, -0.2) is 27.3 Å². The number of carbonyl (C=O) groups is 1. The van der Waals surface area contributed by atoms with E-state index in [1.54, 1.807) is 23.2 Å². The molecule has 1 saturated heterocycles. The fourth-order valence-corrected chi connectivity index (χ4v) is 2.84. The van der Waals surface area contributed by atoms with Crippen molar-refractivity contribution < 1.29 is 9.18 Å². The number of amides is 2. The molecule has 1 N–H and O–H groups in total. The van der Waals surface area contributed by atoms with Crippen molar-refractivity contribution in [2.75, 3.05) is 11.9 Å². The van der Waals surface area contributed by atoms with Crippen LogP contribution >= 0.6 is 0 Å². The van der Waals surface area contributed by atoms with Crippen LogP contribution in [0.5, 0.6) is 0 Å². The van der Waals surface area contributed by atoms with Crippen LogP contribution in [0.25, 0.3) is 0 Å². The molecule has 0 radical (unpaired) electrons. The van der Waals surface area contributed by atoms with Crippen molar-refractivity contribution in [3.05, 3.63) is 47.9 Å². The zero-order valence-corrected chi connectivity index (χ0v) is 14.1. The Balaban J connectivity index is 1.63. The lowest BCUT2D eigenvalue weighted by atomic mass is 9.95. The van der Waals surface area contributed by atoms with Gasteiger partial charge in [0.05, 0.1) is 12.2 Å². The summed E-state index contributed by atoms with van der Waals surface area (Å²) in [6.45, 7) is 5.81. The quantitative estimate of drug-likeness (QED) is 0.899. The molecule has 0 aliphatic carbocycles. The molecule has 24 heavy (non-hydrogen) atoms. The van der Waals surface area contributed by atoms with E-state index in [-0.39, 0.29) is 17.9 Å². The number of aryl methyl sites for hydroxylation is 1. The Bertz CT molecular complexity index is 695. The molecule has 128 valence electrons. The molecule has 5 nitrogen and oxygen atoms in total. The number of benzene rings is 1. The summed E-state index contributed by atoms with van der Waals surface area (Å²) in [4.78, 5) is 14.3. The van der Waals surface area contributed by atoms with E-state index in [1.165, 1.54) is 12.1 Å². The molecule has 2 amide bonds. The lowest BCUT2D eigenvalue weighted by Crippen LogP contribution is -2.47. The molecule has 1 atom stereocenters. The Hall–Kier alpha value is -2.37. The molecule has 1 aromatic carbocycles. The Morgan fingerprint density at radius 3 is 2.71 bits per heavy atom. The molecule has 0 unspecified atom stereocenters. The second-order valence-corrected chi connectivity index (χ2v) is 6.60. The van der Waals surface area contributed by atoms with Crippen molar-refractivity contribution in [1.82, 2.24) is 14.7 Å². The molecule has 1 aromatic heterocycles. The van der Waals surface area contributed by atoms with Gasteiger partial charge in [0.15, 0.2) is 0 Å². The summed E-state index contributed by atoms with van der Waals surface area (Å²) in [6, 6.07) is 8.04. The summed E-state index contributed by atoms with van der Waals surface area (Å²) < 4.78 is 14.9. The number of nitrogens with zero attached hydrogens (tertiary/aromatic N) is 3. The smallest absolute Gasteiger partial charge is 0.317 e. The standard InChI is InChI=1S/C18H23FN4O/c1-13(2)8-12-23-17(7-10-20-23)21-18(24)22-11-9-16(22)14-3-5-15(19)6-4-14/h3-7,10,13,16H,8-9,11-12H2,1-2H3,(H,21,24)/t16-/m0/s1. The van der Waals surface area contributed by atoms with Gasteiger partial charge in [0.1, 0.15) is 11.6 Å². The third-order valence-electron chi connectivity index (χ3n) is 4.41. The molecule has 1 fully saturated rings. The van der Waals surface area contributed by atoms with Crippen molar-refractivity contribution in [3.63, 3.8) is 0 Å². The maximum absolute atomic E-state index is 13.1.